The second kappa shape index (κ2) is 5.48. The molecule has 0 radical (unpaired) electrons. The van der Waals surface area contributed by atoms with Gasteiger partial charge in [-0.3, -0.25) is 4.79 Å². The number of carbonyl (C=O) groups is 1. The van der Waals surface area contributed by atoms with Gasteiger partial charge in [0.2, 0.25) is 0 Å². The summed E-state index contributed by atoms with van der Waals surface area (Å²) in [6.07, 6.45) is 0. The predicted octanol–water partition coefficient (Wildman–Crippen LogP) is 3.97. The lowest BCUT2D eigenvalue weighted by molar-refractivity contribution is 0.103. The fourth-order valence-electron chi connectivity index (χ4n) is 1.62. The van der Waals surface area contributed by atoms with E-state index in [1.165, 1.54) is 31.4 Å². The topological polar surface area (TPSA) is 26.3 Å². The summed E-state index contributed by atoms with van der Waals surface area (Å²) in [7, 11) is 1.39. The van der Waals surface area contributed by atoms with E-state index in [1.807, 2.05) is 0 Å². The van der Waals surface area contributed by atoms with Crippen molar-refractivity contribution in [2.45, 2.75) is 0 Å². The van der Waals surface area contributed by atoms with Crippen molar-refractivity contribution in [3.63, 3.8) is 0 Å². The van der Waals surface area contributed by atoms with Crippen LogP contribution in [0.2, 0.25) is 0 Å². The third-order valence-corrected chi connectivity index (χ3v) is 3.09. The molecule has 0 amide bonds. The van der Waals surface area contributed by atoms with Gasteiger partial charge in [0.25, 0.3) is 0 Å². The molecule has 0 aliphatic heterocycles. The lowest BCUT2D eigenvalue weighted by atomic mass is 10.0. The molecule has 0 heterocycles. The molecule has 0 saturated carbocycles. The highest BCUT2D eigenvalue weighted by Gasteiger charge is 2.18. The molecule has 2 aromatic rings. The maximum atomic E-state index is 13.8. The Morgan fingerprint density at radius 3 is 2.42 bits per heavy atom. The SMILES string of the molecule is COc1ccc(C(=O)c2cc(Br)ccc2F)c(F)c1. The van der Waals surface area contributed by atoms with E-state index in [0.29, 0.717) is 10.2 Å². The lowest BCUT2D eigenvalue weighted by Gasteiger charge is -2.06. The van der Waals surface area contributed by atoms with Crippen LogP contribution < -0.4 is 4.74 Å². The van der Waals surface area contributed by atoms with Gasteiger partial charge in [0.05, 0.1) is 18.2 Å². The summed E-state index contributed by atoms with van der Waals surface area (Å²) in [4.78, 5) is 12.1. The van der Waals surface area contributed by atoms with Crippen LogP contribution in [0.4, 0.5) is 8.78 Å². The standard InChI is InChI=1S/C14H9BrF2O2/c1-19-9-3-4-10(13(17)7-9)14(18)11-6-8(15)2-5-12(11)16/h2-7H,1H3. The van der Waals surface area contributed by atoms with Crippen LogP contribution in [0.3, 0.4) is 0 Å². The number of carbonyl (C=O) groups excluding carboxylic acids is 1. The first-order valence-corrected chi connectivity index (χ1v) is 6.15. The summed E-state index contributed by atoms with van der Waals surface area (Å²) in [5.74, 6) is -1.85. The summed E-state index contributed by atoms with van der Waals surface area (Å²) < 4.78 is 32.8. The fourth-order valence-corrected chi connectivity index (χ4v) is 1.98. The van der Waals surface area contributed by atoms with Crippen LogP contribution in [0, 0.1) is 11.6 Å². The summed E-state index contributed by atoms with van der Waals surface area (Å²) in [6.45, 7) is 0. The van der Waals surface area contributed by atoms with Crippen LogP contribution in [0.25, 0.3) is 0 Å². The molecule has 98 valence electrons. The van der Waals surface area contributed by atoms with E-state index in [1.54, 1.807) is 0 Å². The third-order valence-electron chi connectivity index (χ3n) is 2.59. The molecule has 2 nitrogen and oxygen atoms in total. The van der Waals surface area contributed by atoms with E-state index >= 15 is 0 Å². The van der Waals surface area contributed by atoms with Crippen molar-refractivity contribution in [2.75, 3.05) is 7.11 Å². The van der Waals surface area contributed by atoms with Gasteiger partial charge in [-0.15, -0.1) is 0 Å². The van der Waals surface area contributed by atoms with Crippen molar-refractivity contribution in [3.05, 3.63) is 63.6 Å². The van der Waals surface area contributed by atoms with Gasteiger partial charge in [0.1, 0.15) is 17.4 Å². The van der Waals surface area contributed by atoms with Crippen LogP contribution in [-0.2, 0) is 0 Å². The van der Waals surface area contributed by atoms with Crippen LogP contribution in [-0.4, -0.2) is 12.9 Å². The Hall–Kier alpha value is -1.75. The van der Waals surface area contributed by atoms with Gasteiger partial charge in [-0.1, -0.05) is 15.9 Å². The molecule has 2 rings (SSSR count). The molecule has 19 heavy (non-hydrogen) atoms. The van der Waals surface area contributed by atoms with Crippen LogP contribution in [0.15, 0.2) is 40.9 Å². The summed E-state index contributed by atoms with van der Waals surface area (Å²) in [6, 6.07) is 7.75. The molecule has 0 aliphatic rings. The molecular weight excluding hydrogens is 318 g/mol. The van der Waals surface area contributed by atoms with E-state index < -0.39 is 17.4 Å². The average molecular weight is 327 g/mol. The Bertz CT molecular complexity index is 641. The van der Waals surface area contributed by atoms with E-state index in [9.17, 15) is 13.6 Å². The number of methoxy groups -OCH3 is 1. The summed E-state index contributed by atoms with van der Waals surface area (Å²) >= 11 is 3.15. The Morgan fingerprint density at radius 2 is 1.79 bits per heavy atom. The molecule has 2 aromatic carbocycles. The molecule has 0 aromatic heterocycles. The summed E-state index contributed by atoms with van der Waals surface area (Å²) in [5.41, 5.74) is -0.378. The van der Waals surface area contributed by atoms with Crippen LogP contribution in [0.5, 0.6) is 5.75 Å². The van der Waals surface area contributed by atoms with Crippen molar-refractivity contribution >= 4 is 21.7 Å². The fraction of sp³-hybridized carbons (Fsp3) is 0.0714. The average Bonchev–Trinajstić information content (AvgIpc) is 2.40. The van der Waals surface area contributed by atoms with E-state index in [4.69, 9.17) is 4.74 Å². The molecule has 0 spiro atoms. The van der Waals surface area contributed by atoms with E-state index in [-0.39, 0.29) is 11.1 Å². The largest absolute Gasteiger partial charge is 0.497 e. The number of ketones is 1. The van der Waals surface area contributed by atoms with Gasteiger partial charge >= 0.3 is 0 Å². The van der Waals surface area contributed by atoms with Crippen molar-refractivity contribution in [2.24, 2.45) is 0 Å². The smallest absolute Gasteiger partial charge is 0.198 e. The second-order valence-corrected chi connectivity index (χ2v) is 4.71. The highest BCUT2D eigenvalue weighted by Crippen LogP contribution is 2.22. The van der Waals surface area contributed by atoms with Crippen LogP contribution in [0.1, 0.15) is 15.9 Å². The molecule has 5 heteroatoms. The Morgan fingerprint density at radius 1 is 1.05 bits per heavy atom. The number of hydrogen-bond donors (Lipinski definition) is 0. The normalized spacial score (nSPS) is 10.3. The van der Waals surface area contributed by atoms with Gasteiger partial charge in [-0.25, -0.2) is 8.78 Å². The maximum Gasteiger partial charge on any atom is 0.198 e. The first kappa shape index (κ1) is 13.7. The minimum Gasteiger partial charge on any atom is -0.497 e. The van der Waals surface area contributed by atoms with Gasteiger partial charge in [0.15, 0.2) is 5.78 Å². The number of ether oxygens (including phenoxy) is 1. The molecular formula is C14H9BrF2O2. The van der Waals surface area contributed by atoms with Crippen molar-refractivity contribution in [3.8, 4) is 5.75 Å². The zero-order valence-electron chi connectivity index (χ0n) is 9.91. The quantitative estimate of drug-likeness (QED) is 0.798. The molecule has 0 aliphatic carbocycles. The number of halogens is 3. The van der Waals surface area contributed by atoms with E-state index in [0.717, 1.165) is 12.1 Å². The molecule has 0 fully saturated rings. The highest BCUT2D eigenvalue weighted by atomic mass is 79.9. The minimum atomic E-state index is -0.747. The highest BCUT2D eigenvalue weighted by molar-refractivity contribution is 9.10. The van der Waals surface area contributed by atoms with Crippen LogP contribution >= 0.6 is 15.9 Å². The molecule has 0 saturated heterocycles. The van der Waals surface area contributed by atoms with Gasteiger partial charge in [-0.05, 0) is 30.3 Å². The number of benzene rings is 2. The Kier molecular flexibility index (Phi) is 3.95. The summed E-state index contributed by atoms with van der Waals surface area (Å²) in [5, 5.41) is 0. The molecule has 0 atom stereocenters. The first-order valence-electron chi connectivity index (χ1n) is 5.36. The zero-order chi connectivity index (χ0) is 14.0. The Balaban J connectivity index is 2.47. The van der Waals surface area contributed by atoms with Gasteiger partial charge < -0.3 is 4.74 Å². The number of hydrogen-bond acceptors (Lipinski definition) is 2. The van der Waals surface area contributed by atoms with Gasteiger partial charge in [0, 0.05) is 10.5 Å². The Labute approximate surface area is 117 Å². The third kappa shape index (κ3) is 2.81. The monoisotopic (exact) mass is 326 g/mol. The number of rotatable bonds is 3. The second-order valence-electron chi connectivity index (χ2n) is 3.80. The molecule has 0 N–H and O–H groups in total. The first-order chi connectivity index (χ1) is 9.02. The molecule has 0 unspecified atom stereocenters. The van der Waals surface area contributed by atoms with E-state index in [2.05, 4.69) is 15.9 Å². The minimum absolute atomic E-state index is 0.182. The van der Waals surface area contributed by atoms with Gasteiger partial charge in [-0.2, -0.15) is 0 Å². The van der Waals surface area contributed by atoms with Crippen molar-refractivity contribution < 1.29 is 18.3 Å². The predicted molar refractivity (Wildman–Crippen MR) is 70.5 cm³/mol. The van der Waals surface area contributed by atoms with Crippen molar-refractivity contribution in [1.29, 1.82) is 0 Å². The lowest BCUT2D eigenvalue weighted by Crippen LogP contribution is -2.07. The van der Waals surface area contributed by atoms with Crippen molar-refractivity contribution in [1.82, 2.24) is 0 Å². The zero-order valence-corrected chi connectivity index (χ0v) is 11.5. The maximum absolute atomic E-state index is 13.8. The molecule has 0 bridgehead atoms.